The van der Waals surface area contributed by atoms with Crippen molar-refractivity contribution in [1.82, 2.24) is 0 Å². The zero-order valence-corrected chi connectivity index (χ0v) is 9.91. The first-order chi connectivity index (χ1) is 6.49. The van der Waals surface area contributed by atoms with E-state index in [-0.39, 0.29) is 5.97 Å². The van der Waals surface area contributed by atoms with Crippen molar-refractivity contribution in [2.45, 2.75) is 19.6 Å². The molecule has 0 N–H and O–H groups in total. The average molecular weight is 208 g/mol. The summed E-state index contributed by atoms with van der Waals surface area (Å²) in [7, 11) is -1.30. The lowest BCUT2D eigenvalue weighted by molar-refractivity contribution is 0.0565. The fourth-order valence-corrected chi connectivity index (χ4v) is 1.50. The molecule has 1 aromatic rings. The minimum Gasteiger partial charge on any atom is -0.466 e. The fourth-order valence-electron chi connectivity index (χ4n) is 0.940. The zero-order chi connectivity index (χ0) is 10.6. The van der Waals surface area contributed by atoms with Crippen LogP contribution in [0.1, 0.15) is 10.4 Å². The molecular formula is C11H16O2Si. The first-order valence-corrected chi connectivity index (χ1v) is 8.42. The number of carbonyl (C=O) groups excluding carboxylic acids is 1. The van der Waals surface area contributed by atoms with Crippen molar-refractivity contribution >= 4 is 14.0 Å². The summed E-state index contributed by atoms with van der Waals surface area (Å²) in [5.41, 5.74) is 0.630. The summed E-state index contributed by atoms with van der Waals surface area (Å²) in [5, 5.41) is 0. The third-order valence-corrected chi connectivity index (χ3v) is 2.66. The van der Waals surface area contributed by atoms with Crippen LogP contribution in [0, 0.1) is 0 Å². The molecule has 0 saturated heterocycles. The van der Waals surface area contributed by atoms with Crippen LogP contribution in [0.5, 0.6) is 0 Å². The molecule has 0 bridgehead atoms. The standard InChI is InChI=1S/C11H16O2Si/c1-14(2,3)9-13-11(12)10-7-5-4-6-8-10/h4-8H,9H2,1-3H3. The molecule has 1 aromatic carbocycles. The molecule has 0 aromatic heterocycles. The molecule has 0 amide bonds. The Morgan fingerprint density at radius 3 is 2.29 bits per heavy atom. The molecule has 0 aliphatic carbocycles. The van der Waals surface area contributed by atoms with Crippen LogP contribution in [0.25, 0.3) is 0 Å². The second-order valence-electron chi connectivity index (χ2n) is 4.50. The third-order valence-electron chi connectivity index (χ3n) is 1.65. The van der Waals surface area contributed by atoms with E-state index < -0.39 is 8.07 Å². The summed E-state index contributed by atoms with van der Waals surface area (Å²) in [4.78, 5) is 11.5. The number of benzene rings is 1. The molecule has 0 fully saturated rings. The second kappa shape index (κ2) is 4.42. The zero-order valence-electron chi connectivity index (χ0n) is 8.91. The van der Waals surface area contributed by atoms with Crippen LogP contribution in [-0.4, -0.2) is 20.3 Å². The first-order valence-electron chi connectivity index (χ1n) is 4.71. The van der Waals surface area contributed by atoms with Crippen LogP contribution in [0.3, 0.4) is 0 Å². The molecule has 0 saturated carbocycles. The smallest absolute Gasteiger partial charge is 0.337 e. The first kappa shape index (κ1) is 11.0. The number of esters is 1. The largest absolute Gasteiger partial charge is 0.466 e. The van der Waals surface area contributed by atoms with Gasteiger partial charge in [0.25, 0.3) is 0 Å². The highest BCUT2D eigenvalue weighted by atomic mass is 28.3. The van der Waals surface area contributed by atoms with Gasteiger partial charge in [-0.25, -0.2) is 4.79 Å². The van der Waals surface area contributed by atoms with Crippen LogP contribution in [0.15, 0.2) is 30.3 Å². The normalized spacial score (nSPS) is 11.1. The maximum Gasteiger partial charge on any atom is 0.337 e. The Balaban J connectivity index is 2.52. The highest BCUT2D eigenvalue weighted by Gasteiger charge is 2.16. The topological polar surface area (TPSA) is 26.3 Å². The van der Waals surface area contributed by atoms with Crippen molar-refractivity contribution in [2.24, 2.45) is 0 Å². The number of hydrogen-bond acceptors (Lipinski definition) is 2. The van der Waals surface area contributed by atoms with Crippen LogP contribution < -0.4 is 0 Å². The highest BCUT2D eigenvalue weighted by molar-refractivity contribution is 6.76. The average Bonchev–Trinajstić information content (AvgIpc) is 2.14. The van der Waals surface area contributed by atoms with E-state index >= 15 is 0 Å². The van der Waals surface area contributed by atoms with Gasteiger partial charge in [0.05, 0.1) is 19.9 Å². The van der Waals surface area contributed by atoms with Gasteiger partial charge in [0.1, 0.15) is 0 Å². The summed E-state index contributed by atoms with van der Waals surface area (Å²) in [6.45, 7) is 6.52. The molecule has 3 heteroatoms. The summed E-state index contributed by atoms with van der Waals surface area (Å²) in [5.74, 6) is -0.215. The number of ether oxygens (including phenoxy) is 1. The van der Waals surface area contributed by atoms with Gasteiger partial charge in [0, 0.05) is 0 Å². The van der Waals surface area contributed by atoms with E-state index in [1.54, 1.807) is 12.1 Å². The lowest BCUT2D eigenvalue weighted by Gasteiger charge is -2.15. The van der Waals surface area contributed by atoms with Crippen molar-refractivity contribution in [1.29, 1.82) is 0 Å². The lowest BCUT2D eigenvalue weighted by atomic mass is 10.2. The predicted molar refractivity (Wildman–Crippen MR) is 60.1 cm³/mol. The van der Waals surface area contributed by atoms with E-state index in [2.05, 4.69) is 19.6 Å². The van der Waals surface area contributed by atoms with Gasteiger partial charge in [-0.2, -0.15) is 0 Å². The molecule has 0 aliphatic heterocycles. The number of hydrogen-bond donors (Lipinski definition) is 0. The highest BCUT2D eigenvalue weighted by Crippen LogP contribution is 2.05. The van der Waals surface area contributed by atoms with Crippen molar-refractivity contribution in [3.8, 4) is 0 Å². The van der Waals surface area contributed by atoms with Crippen molar-refractivity contribution in [3.63, 3.8) is 0 Å². The number of rotatable bonds is 3. The van der Waals surface area contributed by atoms with E-state index in [1.165, 1.54) is 0 Å². The number of carbonyl (C=O) groups is 1. The van der Waals surface area contributed by atoms with Crippen molar-refractivity contribution in [3.05, 3.63) is 35.9 Å². The Kier molecular flexibility index (Phi) is 3.47. The van der Waals surface area contributed by atoms with E-state index in [0.717, 1.165) is 0 Å². The van der Waals surface area contributed by atoms with Crippen LogP contribution in [0.2, 0.25) is 19.6 Å². The van der Waals surface area contributed by atoms with Gasteiger partial charge in [-0.1, -0.05) is 37.8 Å². The Bertz CT molecular complexity index is 301. The molecule has 0 heterocycles. The van der Waals surface area contributed by atoms with E-state index in [0.29, 0.717) is 11.8 Å². The Hall–Kier alpha value is -1.09. The monoisotopic (exact) mass is 208 g/mol. The molecular weight excluding hydrogens is 192 g/mol. The Labute approximate surface area is 85.9 Å². The Morgan fingerprint density at radius 2 is 1.79 bits per heavy atom. The SMILES string of the molecule is C[Si](C)(C)COC(=O)c1ccccc1. The van der Waals surface area contributed by atoms with Gasteiger partial charge in [-0.3, -0.25) is 0 Å². The molecule has 14 heavy (non-hydrogen) atoms. The van der Waals surface area contributed by atoms with Gasteiger partial charge in [0.2, 0.25) is 0 Å². The molecule has 0 aliphatic rings. The molecule has 76 valence electrons. The maximum atomic E-state index is 11.5. The molecule has 0 radical (unpaired) electrons. The van der Waals surface area contributed by atoms with Gasteiger partial charge in [0.15, 0.2) is 0 Å². The summed E-state index contributed by atoms with van der Waals surface area (Å²) >= 11 is 0. The molecule has 0 atom stereocenters. The van der Waals surface area contributed by atoms with Crippen molar-refractivity contribution in [2.75, 3.05) is 6.23 Å². The lowest BCUT2D eigenvalue weighted by Crippen LogP contribution is -2.29. The molecule has 1 rings (SSSR count). The van der Waals surface area contributed by atoms with E-state index in [4.69, 9.17) is 4.74 Å². The van der Waals surface area contributed by atoms with Crippen LogP contribution in [0.4, 0.5) is 0 Å². The molecule has 2 nitrogen and oxygen atoms in total. The molecule has 0 spiro atoms. The van der Waals surface area contributed by atoms with Gasteiger partial charge in [-0.15, -0.1) is 0 Å². The third kappa shape index (κ3) is 3.74. The summed E-state index contributed by atoms with van der Waals surface area (Å²) in [6, 6.07) is 9.10. The predicted octanol–water partition coefficient (Wildman–Crippen LogP) is 2.72. The van der Waals surface area contributed by atoms with Crippen LogP contribution >= 0.6 is 0 Å². The van der Waals surface area contributed by atoms with Gasteiger partial charge in [-0.05, 0) is 12.1 Å². The minimum absolute atomic E-state index is 0.215. The maximum absolute atomic E-state index is 11.5. The van der Waals surface area contributed by atoms with Gasteiger partial charge >= 0.3 is 5.97 Å². The Morgan fingerprint density at radius 1 is 1.21 bits per heavy atom. The minimum atomic E-state index is -1.30. The summed E-state index contributed by atoms with van der Waals surface area (Å²) in [6.07, 6.45) is 0.584. The second-order valence-corrected chi connectivity index (χ2v) is 9.91. The quantitative estimate of drug-likeness (QED) is 0.564. The van der Waals surface area contributed by atoms with E-state index in [1.807, 2.05) is 18.2 Å². The van der Waals surface area contributed by atoms with Crippen LogP contribution in [-0.2, 0) is 4.74 Å². The van der Waals surface area contributed by atoms with Gasteiger partial charge < -0.3 is 4.74 Å². The van der Waals surface area contributed by atoms with E-state index in [9.17, 15) is 4.79 Å². The molecule has 0 unspecified atom stereocenters. The van der Waals surface area contributed by atoms with Crippen molar-refractivity contribution < 1.29 is 9.53 Å². The fraction of sp³-hybridized carbons (Fsp3) is 0.364. The summed E-state index contributed by atoms with van der Waals surface area (Å²) < 4.78 is 5.22.